The highest BCUT2D eigenvalue weighted by Gasteiger charge is 2.04. The van der Waals surface area contributed by atoms with Crippen molar-refractivity contribution in [2.24, 2.45) is 0 Å². The summed E-state index contributed by atoms with van der Waals surface area (Å²) in [4.78, 5) is 14.7. The lowest BCUT2D eigenvalue weighted by atomic mass is 10.0. The van der Waals surface area contributed by atoms with Crippen molar-refractivity contribution >= 4 is 5.97 Å². The van der Waals surface area contributed by atoms with Gasteiger partial charge in [-0.05, 0) is 35.7 Å². The Hall–Kier alpha value is -2.43. The van der Waals surface area contributed by atoms with Crippen LogP contribution >= 0.6 is 0 Å². The number of aliphatic carboxylic acids is 1. The maximum absolute atomic E-state index is 12.1. The third kappa shape index (κ3) is 4.56. The zero-order valence-electron chi connectivity index (χ0n) is 11.5. The first-order valence-electron chi connectivity index (χ1n) is 6.64. The molecular weight excluding hydrogens is 273 g/mol. The van der Waals surface area contributed by atoms with Crippen molar-refractivity contribution in [3.63, 3.8) is 0 Å². The van der Waals surface area contributed by atoms with Gasteiger partial charge in [0, 0.05) is 24.4 Å². The minimum Gasteiger partial charge on any atom is -0.491 e. The van der Waals surface area contributed by atoms with Crippen LogP contribution in [-0.2, 0) is 11.2 Å². The standard InChI is InChI=1S/C16H16FNO3/c17-6-7-21-15-3-1-2-13(9-15)14-8-12(10-18-11-14)4-5-16(19)20/h1-3,8-11H,4-7H2,(H,19,20). The first-order chi connectivity index (χ1) is 10.2. The number of rotatable bonds is 7. The lowest BCUT2D eigenvalue weighted by Crippen LogP contribution is -1.99. The Labute approximate surface area is 122 Å². The predicted molar refractivity (Wildman–Crippen MR) is 77.1 cm³/mol. The fourth-order valence-corrected chi connectivity index (χ4v) is 1.96. The molecule has 0 aliphatic carbocycles. The number of carbonyl (C=O) groups is 1. The van der Waals surface area contributed by atoms with Gasteiger partial charge in [-0.15, -0.1) is 0 Å². The topological polar surface area (TPSA) is 59.4 Å². The molecule has 0 bridgehead atoms. The molecule has 1 N–H and O–H groups in total. The van der Waals surface area contributed by atoms with Crippen LogP contribution < -0.4 is 4.74 Å². The van der Waals surface area contributed by atoms with Crippen molar-refractivity contribution in [1.29, 1.82) is 0 Å². The summed E-state index contributed by atoms with van der Waals surface area (Å²) in [5, 5.41) is 8.71. The molecule has 0 spiro atoms. The summed E-state index contributed by atoms with van der Waals surface area (Å²) in [6.07, 6.45) is 3.88. The van der Waals surface area contributed by atoms with Crippen LogP contribution in [0.3, 0.4) is 0 Å². The Morgan fingerprint density at radius 1 is 1.24 bits per heavy atom. The Bertz CT molecular complexity index is 616. The smallest absolute Gasteiger partial charge is 0.303 e. The maximum atomic E-state index is 12.1. The summed E-state index contributed by atoms with van der Waals surface area (Å²) in [7, 11) is 0. The van der Waals surface area contributed by atoms with E-state index in [2.05, 4.69) is 4.98 Å². The zero-order valence-corrected chi connectivity index (χ0v) is 11.5. The molecule has 0 saturated heterocycles. The number of alkyl halides is 1. The molecule has 2 rings (SSSR count). The third-order valence-electron chi connectivity index (χ3n) is 2.94. The van der Waals surface area contributed by atoms with Crippen LogP contribution in [0.1, 0.15) is 12.0 Å². The Morgan fingerprint density at radius 3 is 2.86 bits per heavy atom. The highest BCUT2D eigenvalue weighted by Crippen LogP contribution is 2.24. The molecule has 0 aliphatic rings. The monoisotopic (exact) mass is 289 g/mol. The molecule has 4 nitrogen and oxygen atoms in total. The minimum absolute atomic E-state index is 0.0281. The summed E-state index contributed by atoms with van der Waals surface area (Å²) in [5.41, 5.74) is 2.64. The van der Waals surface area contributed by atoms with Crippen molar-refractivity contribution < 1.29 is 19.0 Å². The summed E-state index contributed by atoms with van der Waals surface area (Å²) < 4.78 is 17.4. The highest BCUT2D eigenvalue weighted by atomic mass is 19.1. The van der Waals surface area contributed by atoms with Crippen LogP contribution in [0.5, 0.6) is 5.75 Å². The van der Waals surface area contributed by atoms with Gasteiger partial charge in [-0.1, -0.05) is 12.1 Å². The normalized spacial score (nSPS) is 10.3. The van der Waals surface area contributed by atoms with Gasteiger partial charge in [0.2, 0.25) is 0 Å². The molecule has 0 unspecified atom stereocenters. The largest absolute Gasteiger partial charge is 0.491 e. The lowest BCUT2D eigenvalue weighted by molar-refractivity contribution is -0.136. The summed E-state index contributed by atoms with van der Waals surface area (Å²) in [6.45, 7) is -0.503. The fourth-order valence-electron chi connectivity index (χ4n) is 1.96. The lowest BCUT2D eigenvalue weighted by Gasteiger charge is -2.07. The van der Waals surface area contributed by atoms with Crippen LogP contribution in [0.15, 0.2) is 42.7 Å². The number of pyridine rings is 1. The van der Waals surface area contributed by atoms with E-state index in [4.69, 9.17) is 9.84 Å². The molecule has 0 atom stereocenters. The molecule has 1 aromatic carbocycles. The summed E-state index contributed by atoms with van der Waals surface area (Å²) in [5.74, 6) is -0.233. The number of halogens is 1. The predicted octanol–water partition coefficient (Wildman–Crippen LogP) is 3.11. The van der Waals surface area contributed by atoms with E-state index in [1.807, 2.05) is 24.3 Å². The average molecular weight is 289 g/mol. The SMILES string of the molecule is O=C(O)CCc1cncc(-c2cccc(OCCF)c2)c1. The molecule has 5 heteroatoms. The first-order valence-corrected chi connectivity index (χ1v) is 6.64. The second-order valence-corrected chi connectivity index (χ2v) is 4.54. The van der Waals surface area contributed by atoms with Crippen molar-refractivity contribution in [3.8, 4) is 16.9 Å². The van der Waals surface area contributed by atoms with Gasteiger partial charge >= 0.3 is 5.97 Å². The molecule has 0 amide bonds. The number of aromatic nitrogens is 1. The van der Waals surface area contributed by atoms with E-state index in [1.165, 1.54) is 0 Å². The van der Waals surface area contributed by atoms with Crippen LogP contribution in [0.2, 0.25) is 0 Å². The molecular formula is C16H16FNO3. The molecule has 0 aliphatic heterocycles. The van der Waals surface area contributed by atoms with Crippen LogP contribution in [-0.4, -0.2) is 29.3 Å². The Kier molecular flexibility index (Phi) is 5.26. The molecule has 1 aromatic heterocycles. The molecule has 0 saturated carbocycles. The van der Waals surface area contributed by atoms with E-state index < -0.39 is 12.6 Å². The van der Waals surface area contributed by atoms with Crippen molar-refractivity contribution in [2.75, 3.05) is 13.3 Å². The molecule has 21 heavy (non-hydrogen) atoms. The fraction of sp³-hybridized carbons (Fsp3) is 0.250. The van der Waals surface area contributed by atoms with Gasteiger partial charge < -0.3 is 9.84 Å². The number of hydrogen-bond donors (Lipinski definition) is 1. The van der Waals surface area contributed by atoms with Crippen molar-refractivity contribution in [1.82, 2.24) is 4.98 Å². The average Bonchev–Trinajstić information content (AvgIpc) is 2.51. The number of ether oxygens (including phenoxy) is 1. The number of benzene rings is 1. The number of hydrogen-bond acceptors (Lipinski definition) is 3. The van der Waals surface area contributed by atoms with Gasteiger partial charge in [0.15, 0.2) is 0 Å². The number of nitrogens with zero attached hydrogens (tertiary/aromatic N) is 1. The number of aryl methyl sites for hydroxylation is 1. The highest BCUT2D eigenvalue weighted by molar-refractivity contribution is 5.68. The van der Waals surface area contributed by atoms with Gasteiger partial charge in [0.1, 0.15) is 19.0 Å². The zero-order chi connectivity index (χ0) is 15.1. The minimum atomic E-state index is -0.831. The molecule has 0 fully saturated rings. The Balaban J connectivity index is 2.17. The van der Waals surface area contributed by atoms with Gasteiger partial charge in [-0.2, -0.15) is 0 Å². The van der Waals surface area contributed by atoms with Crippen LogP contribution in [0, 0.1) is 0 Å². The van der Waals surface area contributed by atoms with Crippen molar-refractivity contribution in [3.05, 3.63) is 48.3 Å². The molecule has 110 valence electrons. The quantitative estimate of drug-likeness (QED) is 0.850. The summed E-state index contributed by atoms with van der Waals surface area (Å²) >= 11 is 0. The number of carboxylic acids is 1. The van der Waals surface area contributed by atoms with Gasteiger partial charge in [-0.25, -0.2) is 4.39 Å². The van der Waals surface area contributed by atoms with Gasteiger partial charge in [0.25, 0.3) is 0 Å². The van der Waals surface area contributed by atoms with E-state index in [0.717, 1.165) is 16.7 Å². The van der Waals surface area contributed by atoms with E-state index >= 15 is 0 Å². The molecule has 0 radical (unpaired) electrons. The second-order valence-electron chi connectivity index (χ2n) is 4.54. The second kappa shape index (κ2) is 7.38. The van der Waals surface area contributed by atoms with E-state index in [0.29, 0.717) is 12.2 Å². The molecule has 1 heterocycles. The number of carboxylic acid groups (broad SMARTS) is 1. The van der Waals surface area contributed by atoms with Crippen molar-refractivity contribution in [2.45, 2.75) is 12.8 Å². The molecule has 2 aromatic rings. The van der Waals surface area contributed by atoms with Crippen LogP contribution in [0.25, 0.3) is 11.1 Å². The van der Waals surface area contributed by atoms with Gasteiger partial charge in [0.05, 0.1) is 0 Å². The third-order valence-corrected chi connectivity index (χ3v) is 2.94. The van der Waals surface area contributed by atoms with E-state index in [-0.39, 0.29) is 13.0 Å². The maximum Gasteiger partial charge on any atom is 0.303 e. The first kappa shape index (κ1) is 15.0. The van der Waals surface area contributed by atoms with E-state index in [9.17, 15) is 9.18 Å². The Morgan fingerprint density at radius 2 is 2.10 bits per heavy atom. The van der Waals surface area contributed by atoms with Crippen LogP contribution in [0.4, 0.5) is 4.39 Å². The summed E-state index contributed by atoms with van der Waals surface area (Å²) in [6, 6.07) is 9.21. The van der Waals surface area contributed by atoms with E-state index in [1.54, 1.807) is 18.5 Å². The van der Waals surface area contributed by atoms with Gasteiger partial charge in [-0.3, -0.25) is 9.78 Å².